The van der Waals surface area contributed by atoms with Crippen molar-refractivity contribution in [2.45, 2.75) is 12.8 Å². The first-order valence-electron chi connectivity index (χ1n) is 6.10. The number of aromatic nitrogens is 2. The molecule has 1 fully saturated rings. The Morgan fingerprint density at radius 1 is 1.28 bits per heavy atom. The van der Waals surface area contributed by atoms with Gasteiger partial charge in [0.15, 0.2) is 0 Å². The lowest BCUT2D eigenvalue weighted by molar-refractivity contribution is 0.414. The van der Waals surface area contributed by atoms with Crippen LogP contribution in [-0.2, 0) is 0 Å². The lowest BCUT2D eigenvalue weighted by atomic mass is 10.2. The molecule has 3 rings (SSSR count). The first-order chi connectivity index (χ1) is 8.86. The number of benzene rings is 1. The van der Waals surface area contributed by atoms with Gasteiger partial charge in [-0.3, -0.25) is 0 Å². The summed E-state index contributed by atoms with van der Waals surface area (Å²) in [6.45, 7) is 2.00. The van der Waals surface area contributed by atoms with Crippen LogP contribution >= 0.6 is 0 Å². The van der Waals surface area contributed by atoms with E-state index in [4.69, 9.17) is 9.26 Å². The van der Waals surface area contributed by atoms with Gasteiger partial charge in [-0.1, -0.05) is 17.3 Å². The molecule has 1 saturated heterocycles. The van der Waals surface area contributed by atoms with Gasteiger partial charge >= 0.3 is 6.01 Å². The molecule has 1 aromatic carbocycles. The molecule has 0 aliphatic carbocycles. The Balaban J connectivity index is 1.87. The lowest BCUT2D eigenvalue weighted by Gasteiger charge is -2.09. The van der Waals surface area contributed by atoms with Crippen molar-refractivity contribution in [3.05, 3.63) is 24.3 Å². The summed E-state index contributed by atoms with van der Waals surface area (Å²) >= 11 is 0. The van der Waals surface area contributed by atoms with E-state index in [9.17, 15) is 0 Å². The molecule has 18 heavy (non-hydrogen) atoms. The van der Waals surface area contributed by atoms with E-state index in [1.807, 2.05) is 24.3 Å². The van der Waals surface area contributed by atoms with Crippen LogP contribution in [-0.4, -0.2) is 30.3 Å². The molecule has 2 aromatic rings. The molecule has 5 heteroatoms. The SMILES string of the molecule is COc1cccc(-c2noc(N3CCCC3)n2)c1. The molecule has 1 aromatic heterocycles. The van der Waals surface area contributed by atoms with E-state index in [0.29, 0.717) is 11.8 Å². The Morgan fingerprint density at radius 3 is 2.89 bits per heavy atom. The fraction of sp³-hybridized carbons (Fsp3) is 0.385. The van der Waals surface area contributed by atoms with Crippen molar-refractivity contribution < 1.29 is 9.26 Å². The minimum Gasteiger partial charge on any atom is -0.497 e. The van der Waals surface area contributed by atoms with Crippen LogP contribution in [0.1, 0.15) is 12.8 Å². The van der Waals surface area contributed by atoms with E-state index >= 15 is 0 Å². The Hall–Kier alpha value is -2.04. The average Bonchev–Trinajstić information content (AvgIpc) is 3.09. The summed E-state index contributed by atoms with van der Waals surface area (Å²) in [6, 6.07) is 8.27. The first-order valence-corrected chi connectivity index (χ1v) is 6.10. The molecule has 1 aliphatic heterocycles. The molecule has 5 nitrogen and oxygen atoms in total. The van der Waals surface area contributed by atoms with Crippen LogP contribution < -0.4 is 9.64 Å². The Morgan fingerprint density at radius 2 is 2.11 bits per heavy atom. The van der Waals surface area contributed by atoms with Gasteiger partial charge < -0.3 is 14.2 Å². The highest BCUT2D eigenvalue weighted by atomic mass is 16.5. The van der Waals surface area contributed by atoms with Crippen LogP contribution in [0.4, 0.5) is 6.01 Å². The summed E-state index contributed by atoms with van der Waals surface area (Å²) in [7, 11) is 1.64. The summed E-state index contributed by atoms with van der Waals surface area (Å²) in [5.74, 6) is 1.40. The normalized spacial score (nSPS) is 15.1. The van der Waals surface area contributed by atoms with Gasteiger partial charge in [0.05, 0.1) is 7.11 Å². The zero-order valence-corrected chi connectivity index (χ0v) is 10.3. The highest BCUT2D eigenvalue weighted by Gasteiger charge is 2.19. The molecular formula is C13H15N3O2. The molecule has 0 radical (unpaired) electrons. The van der Waals surface area contributed by atoms with Crippen LogP contribution in [0.2, 0.25) is 0 Å². The van der Waals surface area contributed by atoms with Crippen molar-refractivity contribution in [2.24, 2.45) is 0 Å². The standard InChI is InChI=1S/C13H15N3O2/c1-17-11-6-4-5-10(9-11)12-14-13(18-15-12)16-7-2-3-8-16/h4-6,9H,2-3,7-8H2,1H3. The number of anilines is 1. The Labute approximate surface area is 105 Å². The molecule has 0 spiro atoms. The fourth-order valence-electron chi connectivity index (χ4n) is 2.13. The number of nitrogens with zero attached hydrogens (tertiary/aromatic N) is 3. The lowest BCUT2D eigenvalue weighted by Crippen LogP contribution is -2.17. The second kappa shape index (κ2) is 4.68. The van der Waals surface area contributed by atoms with Crippen molar-refractivity contribution in [3.63, 3.8) is 0 Å². The predicted octanol–water partition coefficient (Wildman–Crippen LogP) is 2.35. The van der Waals surface area contributed by atoms with Gasteiger partial charge in [0.1, 0.15) is 5.75 Å². The molecule has 0 saturated carbocycles. The first kappa shape index (κ1) is 11.1. The maximum absolute atomic E-state index is 5.30. The van der Waals surface area contributed by atoms with Gasteiger partial charge in [-0.15, -0.1) is 0 Å². The van der Waals surface area contributed by atoms with Crippen molar-refractivity contribution >= 4 is 6.01 Å². The van der Waals surface area contributed by atoms with Gasteiger partial charge in [0.25, 0.3) is 0 Å². The van der Waals surface area contributed by atoms with Crippen molar-refractivity contribution in [1.29, 1.82) is 0 Å². The molecule has 0 unspecified atom stereocenters. The maximum atomic E-state index is 5.30. The number of hydrogen-bond acceptors (Lipinski definition) is 5. The largest absolute Gasteiger partial charge is 0.497 e. The zero-order chi connectivity index (χ0) is 12.4. The second-order valence-corrected chi connectivity index (χ2v) is 4.33. The summed E-state index contributed by atoms with van der Waals surface area (Å²) < 4.78 is 10.5. The number of ether oxygens (including phenoxy) is 1. The van der Waals surface area contributed by atoms with E-state index in [2.05, 4.69) is 15.0 Å². The highest BCUT2D eigenvalue weighted by Crippen LogP contribution is 2.24. The Kier molecular flexibility index (Phi) is 2.88. The quantitative estimate of drug-likeness (QED) is 0.830. The van der Waals surface area contributed by atoms with Crippen molar-refractivity contribution in [1.82, 2.24) is 10.1 Å². The third-order valence-corrected chi connectivity index (χ3v) is 3.12. The fourth-order valence-corrected chi connectivity index (χ4v) is 2.13. The number of methoxy groups -OCH3 is 1. The van der Waals surface area contributed by atoms with Crippen LogP contribution in [0.25, 0.3) is 11.4 Å². The minimum absolute atomic E-state index is 0.607. The molecular weight excluding hydrogens is 230 g/mol. The molecule has 2 heterocycles. The third kappa shape index (κ3) is 2.03. The van der Waals surface area contributed by atoms with Crippen LogP contribution in [0.15, 0.2) is 28.8 Å². The van der Waals surface area contributed by atoms with Gasteiger partial charge in [-0.2, -0.15) is 4.98 Å². The van der Waals surface area contributed by atoms with E-state index < -0.39 is 0 Å². The predicted molar refractivity (Wildman–Crippen MR) is 67.7 cm³/mol. The number of rotatable bonds is 3. The molecule has 0 amide bonds. The monoisotopic (exact) mass is 245 g/mol. The highest BCUT2D eigenvalue weighted by molar-refractivity contribution is 5.58. The summed E-state index contributed by atoms with van der Waals surface area (Å²) in [4.78, 5) is 6.55. The van der Waals surface area contributed by atoms with Gasteiger partial charge in [0.2, 0.25) is 5.82 Å². The smallest absolute Gasteiger partial charge is 0.324 e. The van der Waals surface area contributed by atoms with Gasteiger partial charge in [-0.05, 0) is 25.0 Å². The molecule has 1 aliphatic rings. The van der Waals surface area contributed by atoms with E-state index in [1.54, 1.807) is 7.11 Å². The minimum atomic E-state index is 0.607. The zero-order valence-electron chi connectivity index (χ0n) is 10.3. The summed E-state index contributed by atoms with van der Waals surface area (Å²) in [5.41, 5.74) is 0.906. The third-order valence-electron chi connectivity index (χ3n) is 3.12. The van der Waals surface area contributed by atoms with Crippen molar-refractivity contribution in [2.75, 3.05) is 25.1 Å². The van der Waals surface area contributed by atoms with Crippen LogP contribution in [0.5, 0.6) is 5.75 Å². The summed E-state index contributed by atoms with van der Waals surface area (Å²) in [6.07, 6.45) is 2.38. The average molecular weight is 245 g/mol. The van der Waals surface area contributed by atoms with Gasteiger partial charge in [-0.25, -0.2) is 0 Å². The van der Waals surface area contributed by atoms with E-state index in [1.165, 1.54) is 12.8 Å². The maximum Gasteiger partial charge on any atom is 0.324 e. The molecule has 0 bridgehead atoms. The second-order valence-electron chi connectivity index (χ2n) is 4.33. The van der Waals surface area contributed by atoms with E-state index in [-0.39, 0.29) is 0 Å². The van der Waals surface area contributed by atoms with Crippen LogP contribution in [0.3, 0.4) is 0 Å². The summed E-state index contributed by atoms with van der Waals surface area (Å²) in [5, 5.41) is 4.02. The topological polar surface area (TPSA) is 51.4 Å². The van der Waals surface area contributed by atoms with Crippen LogP contribution in [0, 0.1) is 0 Å². The Bertz CT molecular complexity index is 533. The molecule has 0 N–H and O–H groups in total. The number of hydrogen-bond donors (Lipinski definition) is 0. The van der Waals surface area contributed by atoms with Gasteiger partial charge in [0, 0.05) is 18.7 Å². The molecule has 94 valence electrons. The van der Waals surface area contributed by atoms with E-state index in [0.717, 1.165) is 24.4 Å². The molecule has 0 atom stereocenters. The van der Waals surface area contributed by atoms with Crippen molar-refractivity contribution in [3.8, 4) is 17.1 Å².